The van der Waals surface area contributed by atoms with Gasteiger partial charge in [-0.05, 0) is 33.0 Å². The normalized spacial score (nSPS) is 9.27. The maximum atomic E-state index is 7.32. The second-order valence-electron chi connectivity index (χ2n) is 4.15. The Labute approximate surface area is 97.1 Å². The molecule has 0 saturated carbocycles. The molecule has 0 N–H and O–H groups in total. The van der Waals surface area contributed by atoms with Crippen LogP contribution in [-0.4, -0.2) is 33.4 Å². The Morgan fingerprint density at radius 3 is 1.80 bits per heavy atom. The van der Waals surface area contributed by atoms with Gasteiger partial charge < -0.3 is 4.90 Å². The van der Waals surface area contributed by atoms with E-state index in [1.54, 1.807) is 5.97 Å². The largest absolute Gasteiger partial charge is 0.309 e. The molecule has 0 amide bonds. The Kier molecular flexibility index (Phi) is 18.0. The number of hydrogen-bond acceptors (Lipinski definition) is 2. The van der Waals surface area contributed by atoms with Gasteiger partial charge in [0.25, 0.3) is 0 Å². The molecular formula is C12H27BN2. The van der Waals surface area contributed by atoms with Crippen LogP contribution in [0.5, 0.6) is 0 Å². The van der Waals surface area contributed by atoms with Crippen molar-refractivity contribution in [3.05, 3.63) is 0 Å². The van der Waals surface area contributed by atoms with Gasteiger partial charge in [0, 0.05) is 0 Å². The first kappa shape index (κ1) is 16.9. The van der Waals surface area contributed by atoms with Crippen molar-refractivity contribution in [2.45, 2.75) is 51.9 Å². The molecule has 0 aliphatic rings. The number of nitriles is 1. The number of unbranched alkanes of at least 4 members (excludes halogenated alkanes) is 6. The van der Waals surface area contributed by atoms with E-state index in [-0.39, 0.29) is 0 Å². The van der Waals surface area contributed by atoms with Crippen molar-refractivity contribution in [2.75, 3.05) is 20.6 Å². The fraction of sp³-hybridized carbons (Fsp3) is 0.917. The van der Waals surface area contributed by atoms with E-state index in [4.69, 9.17) is 5.26 Å². The van der Waals surface area contributed by atoms with Crippen LogP contribution in [0.2, 0.25) is 0 Å². The highest BCUT2D eigenvalue weighted by Gasteiger charge is 1.91. The Bertz CT molecular complexity index is 141. The first-order valence-electron chi connectivity index (χ1n) is 6.14. The van der Waals surface area contributed by atoms with E-state index in [0.717, 1.165) is 0 Å². The predicted molar refractivity (Wildman–Crippen MR) is 70.7 cm³/mol. The van der Waals surface area contributed by atoms with Crippen molar-refractivity contribution in [3.8, 4) is 5.97 Å². The SMILES string of the molecule is BC#N.CCCCCCCCCN(C)C. The maximum absolute atomic E-state index is 7.32. The minimum Gasteiger partial charge on any atom is -0.309 e. The standard InChI is InChI=1S/C11H25N.CH2BN/c1-4-5-6-7-8-9-10-11-12(2)3;2-1-3/h4-11H2,1-3H3;2H2. The summed E-state index contributed by atoms with van der Waals surface area (Å²) in [6, 6.07) is 0. The molecule has 0 heterocycles. The molecule has 0 bridgehead atoms. The first-order valence-corrected chi connectivity index (χ1v) is 6.14. The molecule has 15 heavy (non-hydrogen) atoms. The zero-order valence-electron chi connectivity index (χ0n) is 11.1. The van der Waals surface area contributed by atoms with Gasteiger partial charge in [-0.25, -0.2) is 5.26 Å². The molecule has 0 atom stereocenters. The molecule has 88 valence electrons. The van der Waals surface area contributed by atoms with Crippen LogP contribution in [-0.2, 0) is 0 Å². The molecule has 0 saturated heterocycles. The highest BCUT2D eigenvalue weighted by atomic mass is 15.0. The minimum absolute atomic E-state index is 1.26. The molecule has 3 heteroatoms. The number of rotatable bonds is 8. The van der Waals surface area contributed by atoms with E-state index >= 15 is 0 Å². The molecule has 0 radical (unpaired) electrons. The lowest BCUT2D eigenvalue weighted by atomic mass is 10.1. The minimum atomic E-state index is 1.26. The van der Waals surface area contributed by atoms with Gasteiger partial charge in [0.1, 0.15) is 0 Å². The number of hydrogen-bond donors (Lipinski definition) is 0. The maximum Gasteiger partial charge on any atom is 0.232 e. The van der Waals surface area contributed by atoms with E-state index in [2.05, 4.69) is 25.9 Å². The molecule has 0 rings (SSSR count). The highest BCUT2D eigenvalue weighted by Crippen LogP contribution is 2.06. The monoisotopic (exact) mass is 210 g/mol. The molecule has 0 unspecified atom stereocenters. The van der Waals surface area contributed by atoms with Crippen LogP contribution in [0.3, 0.4) is 0 Å². The van der Waals surface area contributed by atoms with Crippen molar-refractivity contribution in [2.24, 2.45) is 0 Å². The Morgan fingerprint density at radius 1 is 1.00 bits per heavy atom. The lowest BCUT2D eigenvalue weighted by Gasteiger charge is -2.08. The van der Waals surface area contributed by atoms with Gasteiger partial charge in [0.15, 0.2) is 0 Å². The first-order chi connectivity index (χ1) is 7.18. The molecule has 0 aromatic carbocycles. The van der Waals surface area contributed by atoms with Gasteiger partial charge in [-0.1, -0.05) is 45.4 Å². The highest BCUT2D eigenvalue weighted by molar-refractivity contribution is 6.20. The summed E-state index contributed by atoms with van der Waals surface area (Å²) in [6.45, 7) is 3.53. The summed E-state index contributed by atoms with van der Waals surface area (Å²) in [5, 5.41) is 7.32. The Morgan fingerprint density at radius 2 is 1.40 bits per heavy atom. The van der Waals surface area contributed by atoms with Gasteiger partial charge in [0.2, 0.25) is 7.85 Å². The summed E-state index contributed by atoms with van der Waals surface area (Å²) in [6.07, 6.45) is 9.90. The molecule has 2 nitrogen and oxygen atoms in total. The molecule has 0 spiro atoms. The van der Waals surface area contributed by atoms with Crippen LogP contribution in [0.1, 0.15) is 51.9 Å². The van der Waals surface area contributed by atoms with Crippen LogP contribution in [0, 0.1) is 11.2 Å². The molecule has 0 aliphatic heterocycles. The van der Waals surface area contributed by atoms with E-state index in [1.165, 1.54) is 59.3 Å². The third-order valence-electron chi connectivity index (χ3n) is 2.21. The second-order valence-corrected chi connectivity index (χ2v) is 4.15. The van der Waals surface area contributed by atoms with Crippen molar-refractivity contribution < 1.29 is 0 Å². The lowest BCUT2D eigenvalue weighted by Crippen LogP contribution is -2.12. The smallest absolute Gasteiger partial charge is 0.232 e. The predicted octanol–water partition coefficient (Wildman–Crippen LogP) is 2.40. The second kappa shape index (κ2) is 16.0. The molecule has 0 aromatic heterocycles. The zero-order valence-corrected chi connectivity index (χ0v) is 11.1. The van der Waals surface area contributed by atoms with Crippen LogP contribution >= 0.6 is 0 Å². The van der Waals surface area contributed by atoms with Gasteiger partial charge in [-0.15, -0.1) is 0 Å². The van der Waals surface area contributed by atoms with Crippen LogP contribution in [0.4, 0.5) is 0 Å². The van der Waals surface area contributed by atoms with Gasteiger partial charge in [-0.2, -0.15) is 0 Å². The molecular weight excluding hydrogens is 183 g/mol. The third-order valence-corrected chi connectivity index (χ3v) is 2.21. The molecule has 0 aromatic rings. The topological polar surface area (TPSA) is 27.0 Å². The van der Waals surface area contributed by atoms with Crippen LogP contribution < -0.4 is 0 Å². The number of nitrogens with zero attached hydrogens (tertiary/aromatic N) is 2. The van der Waals surface area contributed by atoms with Crippen LogP contribution in [0.25, 0.3) is 0 Å². The van der Waals surface area contributed by atoms with E-state index in [0.29, 0.717) is 0 Å². The van der Waals surface area contributed by atoms with Crippen LogP contribution in [0.15, 0.2) is 0 Å². The fourth-order valence-electron chi connectivity index (χ4n) is 1.39. The fourth-order valence-corrected chi connectivity index (χ4v) is 1.39. The van der Waals surface area contributed by atoms with E-state index in [1.807, 2.05) is 0 Å². The third kappa shape index (κ3) is 24.7. The lowest BCUT2D eigenvalue weighted by molar-refractivity contribution is 0.389. The Hall–Kier alpha value is -0.485. The zero-order chi connectivity index (χ0) is 11.9. The summed E-state index contributed by atoms with van der Waals surface area (Å²) < 4.78 is 0. The van der Waals surface area contributed by atoms with Gasteiger partial charge in [0.05, 0.1) is 0 Å². The van der Waals surface area contributed by atoms with Crippen molar-refractivity contribution in [1.29, 1.82) is 5.26 Å². The van der Waals surface area contributed by atoms with Crippen molar-refractivity contribution in [1.82, 2.24) is 4.90 Å². The summed E-state index contributed by atoms with van der Waals surface area (Å²) in [7, 11) is 5.73. The molecule has 0 aliphatic carbocycles. The van der Waals surface area contributed by atoms with Crippen molar-refractivity contribution >= 4 is 7.85 Å². The van der Waals surface area contributed by atoms with Crippen molar-refractivity contribution in [3.63, 3.8) is 0 Å². The van der Waals surface area contributed by atoms with E-state index < -0.39 is 0 Å². The Balaban J connectivity index is 0. The van der Waals surface area contributed by atoms with Gasteiger partial charge >= 0.3 is 0 Å². The van der Waals surface area contributed by atoms with Gasteiger partial charge in [-0.3, -0.25) is 0 Å². The summed E-state index contributed by atoms with van der Waals surface area (Å²) in [4.78, 5) is 2.27. The average molecular weight is 210 g/mol. The summed E-state index contributed by atoms with van der Waals surface area (Å²) >= 11 is 0. The summed E-state index contributed by atoms with van der Waals surface area (Å²) in [5.41, 5.74) is 0. The summed E-state index contributed by atoms with van der Waals surface area (Å²) in [5.74, 6) is 1.75. The molecule has 0 fully saturated rings. The quantitative estimate of drug-likeness (QED) is 0.454. The average Bonchev–Trinajstić information content (AvgIpc) is 2.17. The van der Waals surface area contributed by atoms with E-state index in [9.17, 15) is 0 Å².